The second-order valence-electron chi connectivity index (χ2n) is 6.28. The molecule has 1 aliphatic heterocycles. The molecule has 25 heavy (non-hydrogen) atoms. The van der Waals surface area contributed by atoms with Crippen molar-refractivity contribution in [2.45, 2.75) is 25.3 Å². The van der Waals surface area contributed by atoms with Gasteiger partial charge >= 0.3 is 5.97 Å². The number of carbonyl (C=O) groups excluding carboxylic acids is 1. The predicted octanol–water partition coefficient (Wildman–Crippen LogP) is 3.23. The highest BCUT2D eigenvalue weighted by Crippen LogP contribution is 2.27. The molecular weight excluding hydrogens is 316 g/mol. The van der Waals surface area contributed by atoms with Gasteiger partial charge in [-0.3, -0.25) is 14.5 Å². The highest BCUT2D eigenvalue weighted by atomic mass is 16.4. The molecule has 0 saturated carbocycles. The van der Waals surface area contributed by atoms with Crippen LogP contribution in [0.3, 0.4) is 0 Å². The first-order valence-corrected chi connectivity index (χ1v) is 8.56. The molecule has 0 spiro atoms. The zero-order chi connectivity index (χ0) is 17.6. The minimum absolute atomic E-state index is 0.0973. The van der Waals surface area contributed by atoms with E-state index in [1.165, 1.54) is 0 Å². The number of nitrogens with zero attached hydrogens (tertiary/aromatic N) is 1. The lowest BCUT2D eigenvalue weighted by atomic mass is 10.0. The van der Waals surface area contributed by atoms with Crippen molar-refractivity contribution in [1.29, 1.82) is 0 Å². The molecule has 0 bridgehead atoms. The summed E-state index contributed by atoms with van der Waals surface area (Å²) >= 11 is 0. The molecule has 5 heteroatoms. The molecule has 3 rings (SSSR count). The number of hydrogen-bond donors (Lipinski definition) is 2. The standard InChI is InChI=1S/C20H22N2O3/c23-19(14-22-13-7-6-12-18(22)20(24)25)21-17-11-5-4-10-16(17)15-8-2-1-3-9-15/h1-5,8-11,18H,6-7,12-14H2,(H,21,23)(H,24,25). The molecule has 2 N–H and O–H groups in total. The number of nitrogens with one attached hydrogen (secondary N) is 1. The normalized spacial score (nSPS) is 17.8. The summed E-state index contributed by atoms with van der Waals surface area (Å²) in [6.07, 6.45) is 2.42. The van der Waals surface area contributed by atoms with Crippen molar-refractivity contribution in [2.24, 2.45) is 0 Å². The zero-order valence-electron chi connectivity index (χ0n) is 14.0. The van der Waals surface area contributed by atoms with Crippen LogP contribution in [-0.2, 0) is 9.59 Å². The van der Waals surface area contributed by atoms with E-state index in [2.05, 4.69) is 5.32 Å². The molecule has 1 atom stereocenters. The lowest BCUT2D eigenvalue weighted by Gasteiger charge is -2.32. The Hall–Kier alpha value is -2.66. The van der Waals surface area contributed by atoms with E-state index in [1.54, 1.807) is 4.90 Å². The van der Waals surface area contributed by atoms with Gasteiger partial charge in [0.2, 0.25) is 5.91 Å². The third kappa shape index (κ3) is 4.25. The molecule has 1 fully saturated rings. The zero-order valence-corrected chi connectivity index (χ0v) is 14.0. The minimum atomic E-state index is -0.850. The number of hydrogen-bond acceptors (Lipinski definition) is 3. The van der Waals surface area contributed by atoms with Gasteiger partial charge in [0.1, 0.15) is 6.04 Å². The van der Waals surface area contributed by atoms with Gasteiger partial charge in [0.25, 0.3) is 0 Å². The van der Waals surface area contributed by atoms with Crippen molar-refractivity contribution in [3.8, 4) is 11.1 Å². The maximum Gasteiger partial charge on any atom is 0.320 e. The van der Waals surface area contributed by atoms with Gasteiger partial charge in [-0.2, -0.15) is 0 Å². The molecule has 1 aliphatic rings. The van der Waals surface area contributed by atoms with E-state index in [-0.39, 0.29) is 12.5 Å². The average molecular weight is 338 g/mol. The Morgan fingerprint density at radius 3 is 2.52 bits per heavy atom. The summed E-state index contributed by atoms with van der Waals surface area (Å²) in [5.41, 5.74) is 2.72. The first kappa shape index (κ1) is 17.2. The van der Waals surface area contributed by atoms with Crippen molar-refractivity contribution in [1.82, 2.24) is 4.90 Å². The number of para-hydroxylation sites is 1. The smallest absolute Gasteiger partial charge is 0.320 e. The second-order valence-corrected chi connectivity index (χ2v) is 6.28. The van der Waals surface area contributed by atoms with Gasteiger partial charge in [-0.1, -0.05) is 55.0 Å². The number of rotatable bonds is 5. The van der Waals surface area contributed by atoms with Crippen LogP contribution in [0.15, 0.2) is 54.6 Å². The molecule has 130 valence electrons. The van der Waals surface area contributed by atoms with Crippen molar-refractivity contribution >= 4 is 17.6 Å². The van der Waals surface area contributed by atoms with Crippen molar-refractivity contribution in [3.05, 3.63) is 54.6 Å². The Morgan fingerprint density at radius 1 is 1.04 bits per heavy atom. The summed E-state index contributed by atoms with van der Waals surface area (Å²) in [5.74, 6) is -1.03. The number of piperidine rings is 1. The lowest BCUT2D eigenvalue weighted by Crippen LogP contribution is -2.47. The maximum atomic E-state index is 12.5. The Balaban J connectivity index is 1.72. The van der Waals surface area contributed by atoms with Crippen LogP contribution in [0.1, 0.15) is 19.3 Å². The SMILES string of the molecule is O=C(CN1CCCCC1C(=O)O)Nc1ccccc1-c1ccccc1. The van der Waals surface area contributed by atoms with Crippen LogP contribution in [0.25, 0.3) is 11.1 Å². The van der Waals surface area contributed by atoms with Crippen LogP contribution in [0, 0.1) is 0 Å². The number of amides is 1. The van der Waals surface area contributed by atoms with Gasteiger partial charge in [0.05, 0.1) is 6.54 Å². The van der Waals surface area contributed by atoms with E-state index in [1.807, 2.05) is 54.6 Å². The first-order valence-electron chi connectivity index (χ1n) is 8.56. The Morgan fingerprint density at radius 2 is 1.76 bits per heavy atom. The Labute approximate surface area is 147 Å². The summed E-state index contributed by atoms with van der Waals surface area (Å²) in [6, 6.07) is 16.9. The third-order valence-corrected chi connectivity index (χ3v) is 4.53. The summed E-state index contributed by atoms with van der Waals surface area (Å²) in [7, 11) is 0. The number of likely N-dealkylation sites (tertiary alicyclic amines) is 1. The summed E-state index contributed by atoms with van der Waals surface area (Å²) in [4.78, 5) is 25.6. The van der Waals surface area contributed by atoms with Crippen LogP contribution >= 0.6 is 0 Å². The third-order valence-electron chi connectivity index (χ3n) is 4.53. The fourth-order valence-corrected chi connectivity index (χ4v) is 3.30. The van der Waals surface area contributed by atoms with Crippen LogP contribution in [-0.4, -0.2) is 41.0 Å². The predicted molar refractivity (Wildman–Crippen MR) is 97.4 cm³/mol. The van der Waals surface area contributed by atoms with E-state index in [0.717, 1.165) is 29.7 Å². The van der Waals surface area contributed by atoms with Crippen LogP contribution in [0.4, 0.5) is 5.69 Å². The summed E-state index contributed by atoms with van der Waals surface area (Å²) in [6.45, 7) is 0.741. The molecular formula is C20H22N2O3. The van der Waals surface area contributed by atoms with Gasteiger partial charge in [-0.15, -0.1) is 0 Å². The highest BCUT2D eigenvalue weighted by Gasteiger charge is 2.29. The maximum absolute atomic E-state index is 12.5. The number of anilines is 1. The van der Waals surface area contributed by atoms with Gasteiger partial charge in [-0.25, -0.2) is 0 Å². The molecule has 1 heterocycles. The molecule has 2 aromatic rings. The molecule has 0 radical (unpaired) electrons. The minimum Gasteiger partial charge on any atom is -0.480 e. The number of benzene rings is 2. The largest absolute Gasteiger partial charge is 0.480 e. The molecule has 2 aromatic carbocycles. The quantitative estimate of drug-likeness (QED) is 0.878. The Bertz CT molecular complexity index is 746. The van der Waals surface area contributed by atoms with E-state index < -0.39 is 12.0 Å². The van der Waals surface area contributed by atoms with Gasteiger partial charge < -0.3 is 10.4 Å². The molecule has 0 aliphatic carbocycles. The van der Waals surface area contributed by atoms with Crippen LogP contribution in [0.2, 0.25) is 0 Å². The van der Waals surface area contributed by atoms with E-state index in [4.69, 9.17) is 0 Å². The number of carbonyl (C=O) groups is 2. The van der Waals surface area contributed by atoms with Crippen molar-refractivity contribution in [3.63, 3.8) is 0 Å². The summed E-state index contributed by atoms with van der Waals surface area (Å²) < 4.78 is 0. The molecule has 5 nitrogen and oxygen atoms in total. The molecule has 1 amide bonds. The van der Waals surface area contributed by atoms with E-state index in [0.29, 0.717) is 13.0 Å². The van der Waals surface area contributed by atoms with Crippen LogP contribution in [0.5, 0.6) is 0 Å². The Kier molecular flexibility index (Phi) is 5.46. The monoisotopic (exact) mass is 338 g/mol. The van der Waals surface area contributed by atoms with E-state index >= 15 is 0 Å². The van der Waals surface area contributed by atoms with E-state index in [9.17, 15) is 14.7 Å². The van der Waals surface area contributed by atoms with Gasteiger partial charge in [0.15, 0.2) is 0 Å². The van der Waals surface area contributed by atoms with Gasteiger partial charge in [-0.05, 0) is 31.0 Å². The van der Waals surface area contributed by atoms with Gasteiger partial charge in [0, 0.05) is 11.3 Å². The molecule has 1 saturated heterocycles. The number of carboxylic acids is 1. The molecule has 1 unspecified atom stereocenters. The highest BCUT2D eigenvalue weighted by molar-refractivity contribution is 5.96. The second kappa shape index (κ2) is 7.94. The molecule has 0 aromatic heterocycles. The van der Waals surface area contributed by atoms with Crippen molar-refractivity contribution in [2.75, 3.05) is 18.4 Å². The summed E-state index contributed by atoms with van der Waals surface area (Å²) in [5, 5.41) is 12.3. The first-order chi connectivity index (χ1) is 12.1. The lowest BCUT2D eigenvalue weighted by molar-refractivity contribution is -0.145. The topological polar surface area (TPSA) is 69.6 Å². The number of aliphatic carboxylic acids is 1. The fraction of sp³-hybridized carbons (Fsp3) is 0.300. The number of carboxylic acid groups (broad SMARTS) is 1. The van der Waals surface area contributed by atoms with Crippen LogP contribution < -0.4 is 5.32 Å². The average Bonchev–Trinajstić information content (AvgIpc) is 2.63. The fourth-order valence-electron chi connectivity index (χ4n) is 3.30. The van der Waals surface area contributed by atoms with Crippen molar-refractivity contribution < 1.29 is 14.7 Å².